The minimum absolute atomic E-state index is 0.190. The molecule has 4 nitrogen and oxygen atoms in total. The van der Waals surface area contributed by atoms with E-state index in [0.29, 0.717) is 12.5 Å². The number of rotatable bonds is 3. The summed E-state index contributed by atoms with van der Waals surface area (Å²) in [4.78, 5) is 23.0. The van der Waals surface area contributed by atoms with Gasteiger partial charge in [0.25, 0.3) is 0 Å². The Morgan fingerprint density at radius 3 is 2.30 bits per heavy atom. The highest BCUT2D eigenvalue weighted by Gasteiger charge is 2.48. The molecule has 0 N–H and O–H groups in total. The van der Waals surface area contributed by atoms with E-state index in [1.54, 1.807) is 0 Å². The molecule has 4 heteroatoms. The van der Waals surface area contributed by atoms with Crippen LogP contribution in [0.5, 0.6) is 0 Å². The molecular formula is C29H29N3O. The van der Waals surface area contributed by atoms with Gasteiger partial charge in [0.05, 0.1) is 11.1 Å². The number of piperidine rings is 1. The number of carbonyl (C=O) groups is 1. The number of para-hydroxylation sites is 1. The van der Waals surface area contributed by atoms with Crippen molar-refractivity contribution in [1.82, 2.24) is 9.80 Å². The molecular weight excluding hydrogens is 406 g/mol. The van der Waals surface area contributed by atoms with Crippen LogP contribution < -0.4 is 0 Å². The van der Waals surface area contributed by atoms with Gasteiger partial charge in [0.15, 0.2) is 0 Å². The molecule has 2 saturated heterocycles. The van der Waals surface area contributed by atoms with E-state index in [9.17, 15) is 4.79 Å². The molecule has 3 aliphatic rings. The third kappa shape index (κ3) is 3.64. The largest absolute Gasteiger partial charge is 0.360 e. The number of benzene rings is 3. The van der Waals surface area contributed by atoms with Crippen molar-refractivity contribution in [2.45, 2.75) is 32.2 Å². The van der Waals surface area contributed by atoms with Crippen molar-refractivity contribution in [3.05, 3.63) is 90.0 Å². The van der Waals surface area contributed by atoms with Gasteiger partial charge in [0, 0.05) is 32.6 Å². The Hall–Kier alpha value is -3.40. The van der Waals surface area contributed by atoms with Gasteiger partial charge in [-0.25, -0.2) is 4.99 Å². The predicted molar refractivity (Wildman–Crippen MR) is 132 cm³/mol. The van der Waals surface area contributed by atoms with Crippen LogP contribution in [0.15, 0.2) is 83.9 Å². The molecule has 166 valence electrons. The minimum atomic E-state index is -0.190. The number of carbonyl (C=O) groups excluding carboxylic acids is 1. The molecule has 6 rings (SSSR count). The van der Waals surface area contributed by atoms with Crippen molar-refractivity contribution in [1.29, 1.82) is 0 Å². The smallest absolute Gasteiger partial charge is 0.229 e. The van der Waals surface area contributed by atoms with E-state index in [2.05, 4.69) is 82.6 Å². The fraction of sp³-hybridized carbons (Fsp3) is 0.310. The van der Waals surface area contributed by atoms with Crippen molar-refractivity contribution < 1.29 is 4.79 Å². The Morgan fingerprint density at radius 1 is 0.788 bits per heavy atom. The molecule has 0 atom stereocenters. The second-order valence-electron chi connectivity index (χ2n) is 9.60. The summed E-state index contributed by atoms with van der Waals surface area (Å²) < 4.78 is 0. The zero-order valence-electron chi connectivity index (χ0n) is 18.9. The molecule has 2 fully saturated rings. The topological polar surface area (TPSA) is 35.9 Å². The second kappa shape index (κ2) is 8.18. The minimum Gasteiger partial charge on any atom is -0.360 e. The van der Waals surface area contributed by atoms with Gasteiger partial charge in [-0.3, -0.25) is 4.79 Å². The molecule has 33 heavy (non-hydrogen) atoms. The fourth-order valence-electron chi connectivity index (χ4n) is 5.76. The van der Waals surface area contributed by atoms with Crippen LogP contribution in [0.3, 0.4) is 0 Å². The summed E-state index contributed by atoms with van der Waals surface area (Å²) in [5.74, 6) is 1.52. The first kappa shape index (κ1) is 20.2. The molecule has 3 aromatic carbocycles. The molecule has 1 spiro atoms. The number of fused-ring (bicyclic) bond motifs is 1. The second-order valence-corrected chi connectivity index (χ2v) is 9.60. The molecule has 3 aliphatic heterocycles. The summed E-state index contributed by atoms with van der Waals surface area (Å²) in [6, 6.07) is 27.4. The molecule has 3 aromatic rings. The van der Waals surface area contributed by atoms with Gasteiger partial charge in [0.1, 0.15) is 5.84 Å². The molecule has 0 bridgehead atoms. The Labute approximate surface area is 195 Å². The molecule has 0 saturated carbocycles. The predicted octanol–water partition coefficient (Wildman–Crippen LogP) is 5.45. The summed E-state index contributed by atoms with van der Waals surface area (Å²) in [6.07, 6.45) is 3.75. The summed E-state index contributed by atoms with van der Waals surface area (Å²) in [7, 11) is 0. The SMILES string of the molecule is O=C1N(Cc2ccccc2-c2ccccc2)CCC12CCN(C1=Nc3ccccc3C1)CC2. The summed E-state index contributed by atoms with van der Waals surface area (Å²) in [5.41, 5.74) is 5.89. The maximum Gasteiger partial charge on any atom is 0.229 e. The van der Waals surface area contributed by atoms with Crippen molar-refractivity contribution in [2.24, 2.45) is 10.4 Å². The number of aliphatic imine (C=N–C) groups is 1. The average Bonchev–Trinajstić information content (AvgIpc) is 3.43. The number of nitrogens with zero attached hydrogens (tertiary/aromatic N) is 3. The maximum atomic E-state index is 13.6. The quantitative estimate of drug-likeness (QED) is 0.548. The lowest BCUT2D eigenvalue weighted by Crippen LogP contribution is -2.46. The van der Waals surface area contributed by atoms with Crippen molar-refractivity contribution >= 4 is 17.4 Å². The molecule has 0 aromatic heterocycles. The number of amidine groups is 1. The van der Waals surface area contributed by atoms with E-state index in [0.717, 1.165) is 51.0 Å². The van der Waals surface area contributed by atoms with Crippen LogP contribution in [-0.4, -0.2) is 41.2 Å². The van der Waals surface area contributed by atoms with Crippen molar-refractivity contribution in [3.63, 3.8) is 0 Å². The summed E-state index contributed by atoms with van der Waals surface area (Å²) in [6.45, 7) is 3.39. The molecule has 0 radical (unpaired) electrons. The van der Waals surface area contributed by atoms with E-state index in [1.807, 2.05) is 6.07 Å². The van der Waals surface area contributed by atoms with Gasteiger partial charge >= 0.3 is 0 Å². The van der Waals surface area contributed by atoms with Crippen molar-refractivity contribution in [3.8, 4) is 11.1 Å². The Balaban J connectivity index is 1.14. The Morgan fingerprint density at radius 2 is 1.48 bits per heavy atom. The number of hydrogen-bond donors (Lipinski definition) is 0. The van der Waals surface area contributed by atoms with Crippen LogP contribution >= 0.6 is 0 Å². The van der Waals surface area contributed by atoms with E-state index >= 15 is 0 Å². The number of hydrogen-bond acceptors (Lipinski definition) is 3. The van der Waals surface area contributed by atoms with Crippen molar-refractivity contribution in [2.75, 3.05) is 19.6 Å². The molecule has 0 unspecified atom stereocenters. The first-order valence-corrected chi connectivity index (χ1v) is 12.1. The monoisotopic (exact) mass is 435 g/mol. The fourth-order valence-corrected chi connectivity index (χ4v) is 5.76. The maximum absolute atomic E-state index is 13.6. The van der Waals surface area contributed by atoms with Crippen LogP contribution in [-0.2, 0) is 17.8 Å². The van der Waals surface area contributed by atoms with Gasteiger partial charge in [0.2, 0.25) is 5.91 Å². The van der Waals surface area contributed by atoms with E-state index in [-0.39, 0.29) is 5.41 Å². The third-order valence-corrected chi connectivity index (χ3v) is 7.74. The van der Waals surface area contributed by atoms with Gasteiger partial charge in [-0.15, -0.1) is 0 Å². The highest BCUT2D eigenvalue weighted by molar-refractivity contribution is 5.92. The molecule has 1 amide bonds. The van der Waals surface area contributed by atoms with E-state index < -0.39 is 0 Å². The highest BCUT2D eigenvalue weighted by Crippen LogP contribution is 2.43. The summed E-state index contributed by atoms with van der Waals surface area (Å²) >= 11 is 0. The zero-order valence-corrected chi connectivity index (χ0v) is 18.9. The molecule has 0 aliphatic carbocycles. The van der Waals surface area contributed by atoms with Crippen LogP contribution in [0.4, 0.5) is 5.69 Å². The first-order chi connectivity index (χ1) is 16.2. The van der Waals surface area contributed by atoms with E-state index in [1.165, 1.54) is 28.1 Å². The normalized spacial score (nSPS) is 19.2. The van der Waals surface area contributed by atoms with Crippen LogP contribution in [0.25, 0.3) is 11.1 Å². The van der Waals surface area contributed by atoms with Gasteiger partial charge in [-0.2, -0.15) is 0 Å². The lowest BCUT2D eigenvalue weighted by Gasteiger charge is -2.39. The lowest BCUT2D eigenvalue weighted by atomic mass is 9.77. The van der Waals surface area contributed by atoms with Gasteiger partial charge < -0.3 is 9.80 Å². The van der Waals surface area contributed by atoms with Gasteiger partial charge in [-0.05, 0) is 47.6 Å². The van der Waals surface area contributed by atoms with Crippen LogP contribution in [0.1, 0.15) is 30.4 Å². The number of likely N-dealkylation sites (tertiary alicyclic amines) is 2. The average molecular weight is 436 g/mol. The lowest BCUT2D eigenvalue weighted by molar-refractivity contribution is -0.138. The van der Waals surface area contributed by atoms with Crippen LogP contribution in [0, 0.1) is 5.41 Å². The Kier molecular flexibility index (Phi) is 5.01. The van der Waals surface area contributed by atoms with Crippen LogP contribution in [0.2, 0.25) is 0 Å². The van der Waals surface area contributed by atoms with Gasteiger partial charge in [-0.1, -0.05) is 72.8 Å². The number of amides is 1. The Bertz CT molecular complexity index is 1210. The first-order valence-electron chi connectivity index (χ1n) is 12.1. The zero-order chi connectivity index (χ0) is 22.3. The molecule has 3 heterocycles. The van der Waals surface area contributed by atoms with E-state index in [4.69, 9.17) is 4.99 Å². The third-order valence-electron chi connectivity index (χ3n) is 7.74. The standard InChI is InChI=1S/C29H29N3O/c33-28-29(14-17-31(18-15-29)27-20-23-10-5-7-13-26(23)30-27)16-19-32(28)21-24-11-4-6-12-25(24)22-8-2-1-3-9-22/h1-13H,14-21H2. The highest BCUT2D eigenvalue weighted by atomic mass is 16.2. The summed E-state index contributed by atoms with van der Waals surface area (Å²) in [5, 5.41) is 0.